The number of hydrogen-bond acceptors (Lipinski definition) is 6. The van der Waals surface area contributed by atoms with Crippen molar-refractivity contribution in [2.45, 2.75) is 13.8 Å². The van der Waals surface area contributed by atoms with Crippen molar-refractivity contribution in [1.82, 2.24) is 14.8 Å². The molecule has 4 aromatic rings. The van der Waals surface area contributed by atoms with Gasteiger partial charge in [-0.15, -0.1) is 0 Å². The number of aryl methyl sites for hydroxylation is 2. The summed E-state index contributed by atoms with van der Waals surface area (Å²) in [5, 5.41) is 13.5. The van der Waals surface area contributed by atoms with Crippen LogP contribution in [-0.2, 0) is 0 Å². The second kappa shape index (κ2) is 9.25. The number of pyridine rings is 1. The number of H-pyrrole nitrogens is 1. The fourth-order valence-electron chi connectivity index (χ4n) is 3.42. The van der Waals surface area contributed by atoms with E-state index in [1.165, 1.54) is 18.0 Å². The average molecular weight is 475 g/mol. The smallest absolute Gasteiger partial charge is 0.294 e. The number of methoxy groups -OCH3 is 1. The number of rotatable bonds is 5. The summed E-state index contributed by atoms with van der Waals surface area (Å²) in [7, 11) is 1.45. The molecule has 2 heterocycles. The summed E-state index contributed by atoms with van der Waals surface area (Å²) in [4.78, 5) is 27.6. The van der Waals surface area contributed by atoms with E-state index in [0.717, 1.165) is 5.56 Å². The van der Waals surface area contributed by atoms with Crippen LogP contribution in [0.15, 0.2) is 64.3 Å². The summed E-state index contributed by atoms with van der Waals surface area (Å²) in [6.07, 6.45) is 1.35. The zero-order valence-corrected chi connectivity index (χ0v) is 19.3. The Morgan fingerprint density at radius 2 is 1.76 bits per heavy atom. The molecule has 34 heavy (non-hydrogen) atoms. The van der Waals surface area contributed by atoms with Crippen molar-refractivity contribution in [2.75, 3.05) is 7.11 Å². The Morgan fingerprint density at radius 3 is 2.44 bits per heavy atom. The van der Waals surface area contributed by atoms with Gasteiger partial charge < -0.3 is 14.5 Å². The number of aromatic nitrogens is 3. The molecule has 0 aliphatic rings. The molecular weight excluding hydrogens is 456 g/mol. The minimum atomic E-state index is -0.531. The van der Waals surface area contributed by atoms with E-state index in [1.807, 2.05) is 25.1 Å². The van der Waals surface area contributed by atoms with Gasteiger partial charge in [0, 0.05) is 11.3 Å². The summed E-state index contributed by atoms with van der Waals surface area (Å²) in [6, 6.07) is 15.9. The van der Waals surface area contributed by atoms with Crippen LogP contribution < -0.4 is 20.6 Å². The van der Waals surface area contributed by atoms with Gasteiger partial charge in [0.25, 0.3) is 11.1 Å². The van der Waals surface area contributed by atoms with E-state index in [4.69, 9.17) is 21.1 Å². The van der Waals surface area contributed by atoms with Gasteiger partial charge in [0.1, 0.15) is 11.6 Å². The third-order valence-corrected chi connectivity index (χ3v) is 5.49. The Kier molecular flexibility index (Phi) is 6.21. The molecule has 0 atom stereocenters. The molecule has 0 aliphatic heterocycles. The maximum Gasteiger partial charge on any atom is 0.294 e. The van der Waals surface area contributed by atoms with E-state index in [0.29, 0.717) is 28.3 Å². The van der Waals surface area contributed by atoms with Crippen molar-refractivity contribution in [2.24, 2.45) is 0 Å². The number of aromatic amines is 1. The summed E-state index contributed by atoms with van der Waals surface area (Å²) < 4.78 is 12.5. The highest BCUT2D eigenvalue weighted by molar-refractivity contribution is 6.31. The number of halogens is 1. The topological polar surface area (TPSA) is 110 Å². The number of nitrogens with zero attached hydrogens (tertiary/aromatic N) is 3. The molecule has 8 nitrogen and oxygen atoms in total. The van der Waals surface area contributed by atoms with Crippen LogP contribution in [0.4, 0.5) is 0 Å². The monoisotopic (exact) mass is 474 g/mol. The number of nitrogens with one attached hydrogen (secondary N) is 1. The Bertz CT molecular complexity index is 1550. The zero-order valence-electron chi connectivity index (χ0n) is 18.5. The van der Waals surface area contributed by atoms with Crippen molar-refractivity contribution < 1.29 is 9.47 Å². The van der Waals surface area contributed by atoms with Gasteiger partial charge in [0.2, 0.25) is 0 Å². The van der Waals surface area contributed by atoms with Gasteiger partial charge in [-0.2, -0.15) is 15.0 Å². The van der Waals surface area contributed by atoms with Crippen LogP contribution >= 0.6 is 11.6 Å². The minimum Gasteiger partial charge on any atom is -0.493 e. The molecule has 0 spiro atoms. The maximum atomic E-state index is 12.8. The maximum absolute atomic E-state index is 12.8. The van der Waals surface area contributed by atoms with Crippen LogP contribution in [-0.4, -0.2) is 21.9 Å². The SMILES string of the molecule is COc1cc(-c2cc(C)[nH]c(=O)c2C#N)ccc1Oc1cnn(-c2ccc(C)cc2)c(=O)c1Cl. The highest BCUT2D eigenvalue weighted by Crippen LogP contribution is 2.37. The van der Waals surface area contributed by atoms with Crippen LogP contribution in [0, 0.1) is 25.2 Å². The third-order valence-electron chi connectivity index (χ3n) is 5.14. The fraction of sp³-hybridized carbons (Fsp3) is 0.120. The second-order valence-corrected chi connectivity index (χ2v) is 7.90. The summed E-state index contributed by atoms with van der Waals surface area (Å²) in [5.41, 5.74) is 2.30. The normalized spacial score (nSPS) is 10.6. The van der Waals surface area contributed by atoms with Crippen molar-refractivity contribution in [3.05, 3.63) is 97.3 Å². The first-order valence-electron chi connectivity index (χ1n) is 10.2. The van der Waals surface area contributed by atoms with E-state index < -0.39 is 11.1 Å². The lowest BCUT2D eigenvalue weighted by atomic mass is 10.0. The Morgan fingerprint density at radius 1 is 1.03 bits per heavy atom. The molecule has 9 heteroatoms. The molecule has 2 aromatic heterocycles. The molecule has 0 saturated heterocycles. The first-order chi connectivity index (χ1) is 16.3. The number of benzene rings is 2. The second-order valence-electron chi connectivity index (χ2n) is 7.52. The Hall–Kier alpha value is -4.35. The summed E-state index contributed by atoms with van der Waals surface area (Å²) >= 11 is 6.31. The first-order valence-corrected chi connectivity index (χ1v) is 10.6. The quantitative estimate of drug-likeness (QED) is 0.455. The van der Waals surface area contributed by atoms with Crippen LogP contribution in [0.2, 0.25) is 5.02 Å². The van der Waals surface area contributed by atoms with Gasteiger partial charge in [0.15, 0.2) is 22.3 Å². The van der Waals surface area contributed by atoms with Crippen molar-refractivity contribution in [1.29, 1.82) is 5.26 Å². The number of hydrogen-bond donors (Lipinski definition) is 1. The molecule has 0 unspecified atom stereocenters. The molecule has 0 aliphatic carbocycles. The van der Waals surface area contributed by atoms with Gasteiger partial charge in [-0.3, -0.25) is 9.59 Å². The third kappa shape index (κ3) is 4.29. The van der Waals surface area contributed by atoms with E-state index >= 15 is 0 Å². The first kappa shape index (κ1) is 22.8. The molecule has 0 radical (unpaired) electrons. The lowest BCUT2D eigenvalue weighted by molar-refractivity contribution is 0.378. The molecule has 0 bridgehead atoms. The van der Waals surface area contributed by atoms with E-state index in [-0.39, 0.29) is 22.1 Å². The molecule has 170 valence electrons. The van der Waals surface area contributed by atoms with Gasteiger partial charge in [-0.25, -0.2) is 0 Å². The van der Waals surface area contributed by atoms with Gasteiger partial charge in [-0.1, -0.05) is 35.4 Å². The predicted octanol–water partition coefficient (Wildman–Crippen LogP) is 4.53. The molecule has 2 aromatic carbocycles. The Balaban J connectivity index is 1.72. The fourth-order valence-corrected chi connectivity index (χ4v) is 3.59. The van der Waals surface area contributed by atoms with E-state index in [1.54, 1.807) is 43.3 Å². The standard InChI is InChI=1S/C25H19ClN4O4/c1-14-4-7-17(8-5-14)30-25(32)23(26)22(13-28-30)34-20-9-6-16(11-21(20)33-3)18-10-15(2)29-24(31)19(18)12-27/h4-11,13H,1-3H3,(H,29,31). The van der Waals surface area contributed by atoms with Gasteiger partial charge in [0.05, 0.1) is 19.0 Å². The van der Waals surface area contributed by atoms with Crippen LogP contribution in [0.5, 0.6) is 17.2 Å². The molecule has 4 rings (SSSR count). The van der Waals surface area contributed by atoms with E-state index in [9.17, 15) is 14.9 Å². The number of nitriles is 1. The minimum absolute atomic E-state index is 0.00622. The van der Waals surface area contributed by atoms with E-state index in [2.05, 4.69) is 10.1 Å². The largest absolute Gasteiger partial charge is 0.493 e. The predicted molar refractivity (Wildman–Crippen MR) is 128 cm³/mol. The average Bonchev–Trinajstić information content (AvgIpc) is 2.82. The highest BCUT2D eigenvalue weighted by atomic mass is 35.5. The number of ether oxygens (including phenoxy) is 2. The highest BCUT2D eigenvalue weighted by Gasteiger charge is 2.17. The van der Waals surface area contributed by atoms with Gasteiger partial charge >= 0.3 is 0 Å². The molecule has 0 saturated carbocycles. The molecule has 0 fully saturated rings. The summed E-state index contributed by atoms with van der Waals surface area (Å²) in [5.74, 6) is 0.659. The van der Waals surface area contributed by atoms with Crippen molar-refractivity contribution in [3.63, 3.8) is 0 Å². The molecular formula is C25H19ClN4O4. The molecule has 1 N–H and O–H groups in total. The summed E-state index contributed by atoms with van der Waals surface area (Å²) in [6.45, 7) is 3.68. The van der Waals surface area contributed by atoms with Crippen molar-refractivity contribution in [3.8, 4) is 40.1 Å². The Labute approximate surface area is 199 Å². The van der Waals surface area contributed by atoms with Crippen LogP contribution in [0.1, 0.15) is 16.8 Å². The van der Waals surface area contributed by atoms with Gasteiger partial charge in [-0.05, 0) is 49.7 Å². The van der Waals surface area contributed by atoms with Crippen LogP contribution in [0.3, 0.4) is 0 Å². The lowest BCUT2D eigenvalue weighted by Gasteiger charge is -2.14. The lowest BCUT2D eigenvalue weighted by Crippen LogP contribution is -2.21. The molecule has 0 amide bonds. The van der Waals surface area contributed by atoms with Crippen LogP contribution in [0.25, 0.3) is 16.8 Å². The van der Waals surface area contributed by atoms with Crippen molar-refractivity contribution >= 4 is 11.6 Å². The zero-order chi connectivity index (χ0) is 24.4.